The first-order valence-electron chi connectivity index (χ1n) is 12.0. The average molecular weight is 533 g/mol. The molecule has 0 aromatic heterocycles. The number of rotatable bonds is 9. The van der Waals surface area contributed by atoms with Crippen LogP contribution >= 0.6 is 11.6 Å². The van der Waals surface area contributed by atoms with Gasteiger partial charge in [0.05, 0.1) is 10.6 Å². The van der Waals surface area contributed by atoms with Gasteiger partial charge in [0.1, 0.15) is 6.54 Å². The van der Waals surface area contributed by atoms with Gasteiger partial charge in [0.2, 0.25) is 5.91 Å². The Morgan fingerprint density at radius 1 is 0.757 bits per heavy atom. The number of benzene rings is 4. The second kappa shape index (κ2) is 11.6. The van der Waals surface area contributed by atoms with Crippen LogP contribution in [0.1, 0.15) is 22.3 Å². The van der Waals surface area contributed by atoms with E-state index < -0.39 is 10.0 Å². The number of sulfonamides is 1. The molecule has 0 N–H and O–H groups in total. The van der Waals surface area contributed by atoms with Crippen molar-refractivity contribution < 1.29 is 13.2 Å². The summed E-state index contributed by atoms with van der Waals surface area (Å²) in [5.74, 6) is -0.317. The molecular weight excluding hydrogens is 504 g/mol. The molecule has 190 valence electrons. The Balaban J connectivity index is 1.73. The minimum absolute atomic E-state index is 0.114. The summed E-state index contributed by atoms with van der Waals surface area (Å²) < 4.78 is 29.0. The number of carbonyl (C=O) groups excluding carboxylic acids is 1. The van der Waals surface area contributed by atoms with Crippen LogP contribution in [0, 0.1) is 13.8 Å². The molecule has 0 aliphatic heterocycles. The topological polar surface area (TPSA) is 57.7 Å². The lowest BCUT2D eigenvalue weighted by molar-refractivity contribution is -0.130. The van der Waals surface area contributed by atoms with E-state index in [1.165, 1.54) is 4.31 Å². The minimum Gasteiger partial charge on any atom is -0.332 e. The van der Waals surface area contributed by atoms with Gasteiger partial charge in [-0.2, -0.15) is 0 Å². The van der Waals surface area contributed by atoms with E-state index in [9.17, 15) is 13.2 Å². The van der Waals surface area contributed by atoms with Crippen LogP contribution in [0.25, 0.3) is 0 Å². The van der Waals surface area contributed by atoms with Crippen molar-refractivity contribution in [1.82, 2.24) is 4.90 Å². The molecular formula is C30H29ClN2O3S. The molecule has 0 aliphatic rings. The third kappa shape index (κ3) is 6.59. The highest BCUT2D eigenvalue weighted by Crippen LogP contribution is 2.30. The predicted molar refractivity (Wildman–Crippen MR) is 149 cm³/mol. The van der Waals surface area contributed by atoms with Gasteiger partial charge in [0.25, 0.3) is 10.0 Å². The standard InChI is InChI=1S/C30H29ClN2O3S/c1-23-13-17-28(18-14-23)37(35,36)33(29-19-27(31)16-15-24(29)2)22-30(34)32(20-25-9-5-3-6-10-25)21-26-11-7-4-8-12-26/h3-19H,20-22H2,1-2H3. The Morgan fingerprint density at radius 3 is 1.84 bits per heavy atom. The van der Waals surface area contributed by atoms with Crippen LogP contribution in [0.3, 0.4) is 0 Å². The summed E-state index contributed by atoms with van der Waals surface area (Å²) in [5, 5.41) is 0.391. The van der Waals surface area contributed by atoms with Crippen molar-refractivity contribution in [1.29, 1.82) is 0 Å². The molecule has 0 spiro atoms. The van der Waals surface area contributed by atoms with Crippen LogP contribution in [0.4, 0.5) is 5.69 Å². The number of nitrogens with zero attached hydrogens (tertiary/aromatic N) is 2. The molecule has 4 aromatic rings. The van der Waals surface area contributed by atoms with Crippen molar-refractivity contribution >= 4 is 33.2 Å². The van der Waals surface area contributed by atoms with E-state index in [0.29, 0.717) is 29.4 Å². The number of hydrogen-bond acceptors (Lipinski definition) is 3. The van der Waals surface area contributed by atoms with Crippen molar-refractivity contribution in [3.8, 4) is 0 Å². The van der Waals surface area contributed by atoms with Crippen LogP contribution in [0.2, 0.25) is 5.02 Å². The number of amides is 1. The Labute approximate surface area is 224 Å². The van der Waals surface area contributed by atoms with Crippen LogP contribution in [-0.4, -0.2) is 25.8 Å². The van der Waals surface area contributed by atoms with Gasteiger partial charge in [-0.25, -0.2) is 8.42 Å². The Kier molecular flexibility index (Phi) is 8.31. The molecule has 0 saturated heterocycles. The summed E-state index contributed by atoms with van der Waals surface area (Å²) in [6, 6.07) is 31.0. The van der Waals surface area contributed by atoms with Crippen molar-refractivity contribution in [3.63, 3.8) is 0 Å². The number of halogens is 1. The first-order chi connectivity index (χ1) is 17.7. The summed E-state index contributed by atoms with van der Waals surface area (Å²) in [6.45, 7) is 4.03. The van der Waals surface area contributed by atoms with E-state index in [1.54, 1.807) is 54.3 Å². The fourth-order valence-electron chi connectivity index (χ4n) is 4.05. The van der Waals surface area contributed by atoms with Crippen LogP contribution in [0.15, 0.2) is 108 Å². The van der Waals surface area contributed by atoms with Crippen LogP contribution in [-0.2, 0) is 27.9 Å². The summed E-state index contributed by atoms with van der Waals surface area (Å²) in [5.41, 5.74) is 3.93. The quantitative estimate of drug-likeness (QED) is 0.251. The van der Waals surface area contributed by atoms with E-state index in [1.807, 2.05) is 67.6 Å². The number of aryl methyl sites for hydroxylation is 2. The number of anilines is 1. The minimum atomic E-state index is -4.06. The Bertz CT molecular complexity index is 1420. The van der Waals surface area contributed by atoms with E-state index in [4.69, 9.17) is 11.6 Å². The molecule has 0 saturated carbocycles. The van der Waals surface area contributed by atoms with Gasteiger partial charge < -0.3 is 4.90 Å². The highest BCUT2D eigenvalue weighted by molar-refractivity contribution is 7.92. The smallest absolute Gasteiger partial charge is 0.264 e. The lowest BCUT2D eigenvalue weighted by Gasteiger charge is -2.30. The zero-order chi connectivity index (χ0) is 26.4. The number of hydrogen-bond donors (Lipinski definition) is 0. The third-order valence-corrected chi connectivity index (χ3v) is 8.12. The van der Waals surface area contributed by atoms with Gasteiger partial charge in [-0.3, -0.25) is 9.10 Å². The lowest BCUT2D eigenvalue weighted by Crippen LogP contribution is -2.43. The molecule has 0 radical (unpaired) electrons. The largest absolute Gasteiger partial charge is 0.332 e. The molecule has 0 bridgehead atoms. The van der Waals surface area contributed by atoms with Gasteiger partial charge in [-0.1, -0.05) is 96.0 Å². The Morgan fingerprint density at radius 2 is 1.30 bits per heavy atom. The fourth-order valence-corrected chi connectivity index (χ4v) is 5.69. The molecule has 0 aliphatic carbocycles. The fraction of sp³-hybridized carbons (Fsp3) is 0.167. The van der Waals surface area contributed by atoms with E-state index in [-0.39, 0.29) is 17.3 Å². The summed E-state index contributed by atoms with van der Waals surface area (Å²) in [4.78, 5) is 15.6. The lowest BCUT2D eigenvalue weighted by atomic mass is 10.1. The maximum absolute atomic E-state index is 13.9. The van der Waals surface area contributed by atoms with Crippen molar-refractivity contribution in [2.45, 2.75) is 31.8 Å². The average Bonchev–Trinajstić information content (AvgIpc) is 2.89. The van der Waals surface area contributed by atoms with E-state index >= 15 is 0 Å². The normalized spacial score (nSPS) is 11.2. The second-order valence-corrected chi connectivity index (χ2v) is 11.3. The van der Waals surface area contributed by atoms with Crippen LogP contribution in [0.5, 0.6) is 0 Å². The molecule has 0 atom stereocenters. The Hall–Kier alpha value is -3.61. The highest BCUT2D eigenvalue weighted by atomic mass is 35.5. The van der Waals surface area contributed by atoms with Gasteiger partial charge in [0.15, 0.2) is 0 Å². The zero-order valence-electron chi connectivity index (χ0n) is 20.8. The summed E-state index contributed by atoms with van der Waals surface area (Å²) in [7, 11) is -4.06. The molecule has 4 rings (SSSR count). The second-order valence-electron chi connectivity index (χ2n) is 8.98. The molecule has 0 fully saturated rings. The summed E-state index contributed by atoms with van der Waals surface area (Å²) >= 11 is 6.27. The molecule has 7 heteroatoms. The molecule has 37 heavy (non-hydrogen) atoms. The monoisotopic (exact) mass is 532 g/mol. The first-order valence-corrected chi connectivity index (χ1v) is 13.8. The van der Waals surface area contributed by atoms with E-state index in [0.717, 1.165) is 16.7 Å². The maximum atomic E-state index is 13.9. The van der Waals surface area contributed by atoms with Crippen molar-refractivity contribution in [2.75, 3.05) is 10.8 Å². The number of carbonyl (C=O) groups is 1. The zero-order valence-corrected chi connectivity index (χ0v) is 22.4. The third-order valence-electron chi connectivity index (χ3n) is 6.11. The highest BCUT2D eigenvalue weighted by Gasteiger charge is 2.30. The molecule has 0 heterocycles. The predicted octanol–water partition coefficient (Wildman–Crippen LogP) is 6.38. The summed E-state index contributed by atoms with van der Waals surface area (Å²) in [6.07, 6.45) is 0. The van der Waals surface area contributed by atoms with Crippen molar-refractivity contribution in [3.05, 3.63) is 130 Å². The molecule has 4 aromatic carbocycles. The SMILES string of the molecule is Cc1ccc(S(=O)(=O)N(CC(=O)N(Cc2ccccc2)Cc2ccccc2)c2cc(Cl)ccc2C)cc1. The molecule has 0 unspecified atom stereocenters. The van der Waals surface area contributed by atoms with Crippen LogP contribution < -0.4 is 4.31 Å². The van der Waals surface area contributed by atoms with Gasteiger partial charge >= 0.3 is 0 Å². The van der Waals surface area contributed by atoms with Gasteiger partial charge in [-0.05, 0) is 54.8 Å². The van der Waals surface area contributed by atoms with Gasteiger partial charge in [-0.15, -0.1) is 0 Å². The van der Waals surface area contributed by atoms with E-state index in [2.05, 4.69) is 0 Å². The van der Waals surface area contributed by atoms with Gasteiger partial charge in [0, 0.05) is 18.1 Å². The molecule has 1 amide bonds. The maximum Gasteiger partial charge on any atom is 0.264 e. The molecule has 5 nitrogen and oxygen atoms in total. The first kappa shape index (κ1) is 26.5. The van der Waals surface area contributed by atoms with Crippen molar-refractivity contribution in [2.24, 2.45) is 0 Å².